The van der Waals surface area contributed by atoms with Crippen LogP contribution < -0.4 is 19.6 Å². The molecule has 1 aromatic heterocycles. The number of hydrogen-bond donors (Lipinski definition) is 1. The van der Waals surface area contributed by atoms with Crippen molar-refractivity contribution in [1.29, 1.82) is 0 Å². The van der Waals surface area contributed by atoms with Crippen LogP contribution in [0.4, 0.5) is 0 Å². The van der Waals surface area contributed by atoms with Gasteiger partial charge >= 0.3 is 5.97 Å². The largest absolute Gasteiger partial charge is 0.502 e. The Morgan fingerprint density at radius 2 is 1.93 bits per heavy atom. The van der Waals surface area contributed by atoms with Crippen LogP contribution in [0.3, 0.4) is 0 Å². The van der Waals surface area contributed by atoms with Gasteiger partial charge in [-0.3, -0.25) is 9.59 Å². The summed E-state index contributed by atoms with van der Waals surface area (Å²) in [7, 11) is 4.18. The maximum atomic E-state index is 12.2. The van der Waals surface area contributed by atoms with E-state index in [4.69, 9.17) is 28.1 Å². The van der Waals surface area contributed by atoms with E-state index in [1.54, 1.807) is 12.1 Å². The SMILES string of the molecule is COCc1cc(=O)c(O)c(C(CC(=O)OC)c2cc(OC)c3c(c2)OCCO3)o1. The molecule has 0 radical (unpaired) electrons. The van der Waals surface area contributed by atoms with Crippen LogP contribution in [0.1, 0.15) is 29.4 Å². The lowest BCUT2D eigenvalue weighted by molar-refractivity contribution is -0.140. The molecule has 9 heteroatoms. The Morgan fingerprint density at radius 3 is 2.62 bits per heavy atom. The summed E-state index contributed by atoms with van der Waals surface area (Å²) in [6.07, 6.45) is -0.188. The van der Waals surface area contributed by atoms with Gasteiger partial charge in [0.15, 0.2) is 17.3 Å². The number of methoxy groups -OCH3 is 3. The van der Waals surface area contributed by atoms with Gasteiger partial charge in [0.25, 0.3) is 0 Å². The first-order valence-corrected chi connectivity index (χ1v) is 8.87. The highest BCUT2D eigenvalue weighted by molar-refractivity contribution is 5.71. The number of aromatic hydroxyl groups is 1. The number of hydrogen-bond acceptors (Lipinski definition) is 9. The van der Waals surface area contributed by atoms with Crippen LogP contribution in [0.15, 0.2) is 27.4 Å². The molecule has 1 N–H and O–H groups in total. The highest BCUT2D eigenvalue weighted by Gasteiger charge is 2.29. The lowest BCUT2D eigenvalue weighted by Gasteiger charge is -2.24. The first-order valence-electron chi connectivity index (χ1n) is 8.87. The van der Waals surface area contributed by atoms with Crippen LogP contribution in [0.2, 0.25) is 0 Å². The maximum absolute atomic E-state index is 12.2. The fourth-order valence-corrected chi connectivity index (χ4v) is 3.11. The molecule has 2 aromatic rings. The van der Waals surface area contributed by atoms with E-state index < -0.39 is 23.1 Å². The minimum absolute atomic E-state index is 0.0257. The van der Waals surface area contributed by atoms with Gasteiger partial charge in [0.2, 0.25) is 16.9 Å². The highest BCUT2D eigenvalue weighted by Crippen LogP contribution is 2.44. The summed E-state index contributed by atoms with van der Waals surface area (Å²) < 4.78 is 32.2. The number of rotatable bonds is 7. The van der Waals surface area contributed by atoms with Crippen LogP contribution in [0.5, 0.6) is 23.0 Å². The standard InChI is InChI=1S/C20H22O9/c1-24-10-12-8-14(21)18(23)19(29-12)13(9-17(22)26-3)11-6-15(25-2)20-16(7-11)27-4-5-28-20/h6-8,13,23H,4-5,9-10H2,1-3H3. The summed E-state index contributed by atoms with van der Waals surface area (Å²) in [5.41, 5.74) is -0.123. The summed E-state index contributed by atoms with van der Waals surface area (Å²) in [4.78, 5) is 24.3. The van der Waals surface area contributed by atoms with E-state index in [-0.39, 0.29) is 24.5 Å². The van der Waals surface area contributed by atoms with Crippen molar-refractivity contribution >= 4 is 5.97 Å². The van der Waals surface area contributed by atoms with Gasteiger partial charge in [-0.25, -0.2) is 0 Å². The number of carbonyl (C=O) groups excluding carboxylic acids is 1. The van der Waals surface area contributed by atoms with Gasteiger partial charge in [-0.05, 0) is 17.7 Å². The zero-order valence-electron chi connectivity index (χ0n) is 16.4. The molecular weight excluding hydrogens is 384 g/mol. The molecule has 1 aliphatic heterocycles. The van der Waals surface area contributed by atoms with Gasteiger partial charge in [0.05, 0.1) is 26.6 Å². The molecule has 1 atom stereocenters. The predicted molar refractivity (Wildman–Crippen MR) is 99.8 cm³/mol. The first kappa shape index (κ1) is 20.5. The molecule has 0 fully saturated rings. The van der Waals surface area contributed by atoms with Gasteiger partial charge in [-0.1, -0.05) is 0 Å². The summed E-state index contributed by atoms with van der Waals surface area (Å²) >= 11 is 0. The average molecular weight is 406 g/mol. The van der Waals surface area contributed by atoms with Gasteiger partial charge in [-0.15, -0.1) is 0 Å². The van der Waals surface area contributed by atoms with Crippen molar-refractivity contribution < 1.29 is 38.0 Å². The fraction of sp³-hybridized carbons (Fsp3) is 0.400. The fourth-order valence-electron chi connectivity index (χ4n) is 3.11. The van der Waals surface area contributed by atoms with E-state index in [2.05, 4.69) is 0 Å². The van der Waals surface area contributed by atoms with Crippen LogP contribution in [0, 0.1) is 0 Å². The molecule has 156 valence electrons. The van der Waals surface area contributed by atoms with Crippen LogP contribution in [-0.4, -0.2) is 45.6 Å². The molecule has 0 saturated carbocycles. The second-order valence-electron chi connectivity index (χ2n) is 6.30. The second kappa shape index (κ2) is 8.87. The van der Waals surface area contributed by atoms with E-state index in [0.717, 1.165) is 6.07 Å². The number of carbonyl (C=O) groups is 1. The Bertz CT molecular complexity index is 930. The summed E-state index contributed by atoms with van der Waals surface area (Å²) in [5, 5.41) is 10.4. The van der Waals surface area contributed by atoms with E-state index in [0.29, 0.717) is 36.0 Å². The molecule has 0 amide bonds. The number of ether oxygens (including phenoxy) is 5. The van der Waals surface area contributed by atoms with E-state index in [9.17, 15) is 14.7 Å². The molecule has 3 rings (SSSR count). The smallest absolute Gasteiger partial charge is 0.306 e. The lowest BCUT2D eigenvalue weighted by Crippen LogP contribution is -2.18. The third kappa shape index (κ3) is 4.29. The number of fused-ring (bicyclic) bond motifs is 1. The highest BCUT2D eigenvalue weighted by atomic mass is 16.6. The van der Waals surface area contributed by atoms with Crippen molar-refractivity contribution in [2.45, 2.75) is 18.9 Å². The summed E-state index contributed by atoms with van der Waals surface area (Å²) in [5.74, 6) is -0.582. The van der Waals surface area contributed by atoms with E-state index in [1.807, 2.05) is 0 Å². The van der Waals surface area contributed by atoms with Crippen molar-refractivity contribution in [3.05, 3.63) is 45.5 Å². The minimum Gasteiger partial charge on any atom is -0.502 e. The third-order valence-corrected chi connectivity index (χ3v) is 4.45. The van der Waals surface area contributed by atoms with E-state index >= 15 is 0 Å². The second-order valence-corrected chi connectivity index (χ2v) is 6.30. The molecule has 1 unspecified atom stereocenters. The molecule has 9 nitrogen and oxygen atoms in total. The van der Waals surface area contributed by atoms with Gasteiger partial charge in [0.1, 0.15) is 25.6 Å². The summed E-state index contributed by atoms with van der Waals surface area (Å²) in [6.45, 7) is 0.756. The number of benzene rings is 1. The molecule has 1 aliphatic rings. The first-order chi connectivity index (χ1) is 14.0. The normalized spacial score (nSPS) is 13.6. The maximum Gasteiger partial charge on any atom is 0.306 e. The molecule has 1 aromatic carbocycles. The monoisotopic (exact) mass is 406 g/mol. The van der Waals surface area contributed by atoms with Gasteiger partial charge in [-0.2, -0.15) is 0 Å². The predicted octanol–water partition coefficient (Wildman–Crippen LogP) is 1.97. The molecule has 0 spiro atoms. The molecule has 2 heterocycles. The zero-order valence-corrected chi connectivity index (χ0v) is 16.4. The molecule has 29 heavy (non-hydrogen) atoms. The Morgan fingerprint density at radius 1 is 1.17 bits per heavy atom. The number of esters is 1. The average Bonchev–Trinajstić information content (AvgIpc) is 2.73. The van der Waals surface area contributed by atoms with Crippen molar-refractivity contribution in [3.63, 3.8) is 0 Å². The van der Waals surface area contributed by atoms with Crippen LogP contribution in [-0.2, 0) is 20.9 Å². The minimum atomic E-state index is -0.836. The molecular formula is C20H22O9. The van der Waals surface area contributed by atoms with Crippen LogP contribution in [0.25, 0.3) is 0 Å². The zero-order chi connectivity index (χ0) is 21.0. The molecule has 0 saturated heterocycles. The Balaban J connectivity index is 2.17. The Hall–Kier alpha value is -3.20. The molecule has 0 aliphatic carbocycles. The quantitative estimate of drug-likeness (QED) is 0.689. The van der Waals surface area contributed by atoms with Crippen molar-refractivity contribution in [2.75, 3.05) is 34.5 Å². The topological polar surface area (TPSA) is 114 Å². The van der Waals surface area contributed by atoms with Crippen molar-refractivity contribution in [2.24, 2.45) is 0 Å². The van der Waals surface area contributed by atoms with Crippen molar-refractivity contribution in [3.8, 4) is 23.0 Å². The van der Waals surface area contributed by atoms with Gasteiger partial charge in [0, 0.05) is 13.2 Å². The van der Waals surface area contributed by atoms with Gasteiger partial charge < -0.3 is 33.2 Å². The van der Waals surface area contributed by atoms with Crippen molar-refractivity contribution in [1.82, 2.24) is 0 Å². The summed E-state index contributed by atoms with van der Waals surface area (Å²) in [6, 6.07) is 4.44. The molecule has 0 bridgehead atoms. The lowest BCUT2D eigenvalue weighted by atomic mass is 9.91. The Kier molecular flexibility index (Phi) is 6.28. The Labute approximate surface area is 166 Å². The van der Waals surface area contributed by atoms with Crippen LogP contribution >= 0.6 is 0 Å². The van der Waals surface area contributed by atoms with E-state index in [1.165, 1.54) is 21.3 Å². The third-order valence-electron chi connectivity index (χ3n) is 4.45.